The Hall–Kier alpha value is -2.45. The average Bonchev–Trinajstić information content (AvgIpc) is 3.32. The molecule has 0 unspecified atom stereocenters. The minimum Gasteiger partial charge on any atom is -0.550 e. The number of hydrogen-bond donors (Lipinski definition) is 0. The molecule has 5 rings (SSSR count). The third kappa shape index (κ3) is 1.86. The Bertz CT molecular complexity index is 954. The van der Waals surface area contributed by atoms with E-state index in [4.69, 9.17) is 9.47 Å². The molecule has 2 bridgehead atoms. The number of carboxylic acid groups (broad SMARTS) is 1. The van der Waals surface area contributed by atoms with Gasteiger partial charge in [-0.05, 0) is 12.1 Å². The van der Waals surface area contributed by atoms with Gasteiger partial charge in [0, 0.05) is 18.0 Å². The summed E-state index contributed by atoms with van der Waals surface area (Å²) < 4.78 is 12.0. The van der Waals surface area contributed by atoms with Crippen LogP contribution in [0.5, 0.6) is 5.75 Å². The normalized spacial score (nSPS) is 32.6. The Kier molecular flexibility index (Phi) is 2.85. The average molecular weight is 357 g/mol. The number of nitrogens with zero attached hydrogens (tertiary/aromatic N) is 2. The van der Waals surface area contributed by atoms with Crippen LogP contribution in [0.3, 0.4) is 0 Å². The maximum atomic E-state index is 12.9. The third-order valence-electron chi connectivity index (χ3n) is 5.19. The summed E-state index contributed by atoms with van der Waals surface area (Å²) >= 11 is 1.38. The van der Waals surface area contributed by atoms with Crippen molar-refractivity contribution in [3.63, 3.8) is 0 Å². The first-order chi connectivity index (χ1) is 12.0. The summed E-state index contributed by atoms with van der Waals surface area (Å²) in [6.45, 7) is 0.268. The molecule has 128 valence electrons. The first-order valence-corrected chi connectivity index (χ1v) is 8.68. The van der Waals surface area contributed by atoms with Gasteiger partial charge in [0.1, 0.15) is 11.4 Å². The molecule has 0 N–H and O–H groups in total. The first kappa shape index (κ1) is 14.9. The molecule has 0 saturated carbocycles. The number of thiazole rings is 1. The van der Waals surface area contributed by atoms with Crippen molar-refractivity contribution >= 4 is 38.6 Å². The SMILES string of the molecule is COc1ccc2sc(N3C[C@@]45C=C[C@@H](O4)[C@@H](C(=O)[O-])[C@@H]5C3=O)nc2c1. The van der Waals surface area contributed by atoms with E-state index < -0.39 is 29.5 Å². The van der Waals surface area contributed by atoms with E-state index in [9.17, 15) is 14.7 Å². The molecule has 7 nitrogen and oxygen atoms in total. The van der Waals surface area contributed by atoms with E-state index >= 15 is 0 Å². The van der Waals surface area contributed by atoms with Crippen LogP contribution in [0.1, 0.15) is 0 Å². The van der Waals surface area contributed by atoms with Crippen LogP contribution in [0.25, 0.3) is 10.2 Å². The summed E-state index contributed by atoms with van der Waals surface area (Å²) in [5, 5.41) is 12.0. The highest BCUT2D eigenvalue weighted by molar-refractivity contribution is 7.22. The maximum absolute atomic E-state index is 12.9. The molecule has 8 heteroatoms. The van der Waals surface area contributed by atoms with Gasteiger partial charge < -0.3 is 19.4 Å². The monoisotopic (exact) mass is 357 g/mol. The van der Waals surface area contributed by atoms with Gasteiger partial charge in [-0.15, -0.1) is 0 Å². The second-order valence-corrected chi connectivity index (χ2v) is 7.48. The molecule has 2 saturated heterocycles. The van der Waals surface area contributed by atoms with E-state index in [1.807, 2.05) is 18.2 Å². The number of amides is 1. The van der Waals surface area contributed by atoms with Crippen molar-refractivity contribution in [2.45, 2.75) is 11.7 Å². The summed E-state index contributed by atoms with van der Waals surface area (Å²) in [6, 6.07) is 5.53. The maximum Gasteiger partial charge on any atom is 0.236 e. The van der Waals surface area contributed by atoms with Crippen molar-refractivity contribution in [1.29, 1.82) is 0 Å². The number of carboxylic acids is 1. The van der Waals surface area contributed by atoms with Crippen LogP contribution >= 0.6 is 11.3 Å². The second kappa shape index (κ2) is 4.80. The number of hydrogen-bond acceptors (Lipinski definition) is 7. The Morgan fingerprint density at radius 3 is 3.12 bits per heavy atom. The molecule has 1 amide bonds. The van der Waals surface area contributed by atoms with Gasteiger partial charge in [0.15, 0.2) is 5.13 Å². The van der Waals surface area contributed by atoms with Crippen LogP contribution in [0.4, 0.5) is 5.13 Å². The van der Waals surface area contributed by atoms with Crippen molar-refractivity contribution < 1.29 is 24.2 Å². The fraction of sp³-hybridized carbons (Fsp3) is 0.353. The molecule has 2 fully saturated rings. The smallest absolute Gasteiger partial charge is 0.236 e. The Morgan fingerprint density at radius 1 is 1.52 bits per heavy atom. The molecule has 1 spiro atoms. The number of ether oxygens (including phenoxy) is 2. The van der Waals surface area contributed by atoms with Gasteiger partial charge >= 0.3 is 0 Å². The zero-order valence-electron chi connectivity index (χ0n) is 13.2. The number of aliphatic carboxylic acids is 1. The van der Waals surface area contributed by atoms with E-state index in [1.54, 1.807) is 19.3 Å². The van der Waals surface area contributed by atoms with Crippen LogP contribution in [-0.4, -0.2) is 42.2 Å². The standard InChI is InChI=1S/C17H14N2O5S/c1-23-8-2-3-11-9(6-8)18-16(25-11)19-7-17-5-4-10(24-17)12(15(21)22)13(17)14(19)20/h2-6,10,12-13H,7H2,1H3,(H,21,22)/p-1/t10-,12-,13-,17-/m1/s1. The highest BCUT2D eigenvalue weighted by Crippen LogP contribution is 2.52. The molecule has 25 heavy (non-hydrogen) atoms. The van der Waals surface area contributed by atoms with Crippen molar-refractivity contribution in [3.8, 4) is 5.75 Å². The van der Waals surface area contributed by atoms with Gasteiger partial charge in [-0.3, -0.25) is 9.69 Å². The van der Waals surface area contributed by atoms with Gasteiger partial charge in [-0.2, -0.15) is 0 Å². The van der Waals surface area contributed by atoms with Gasteiger partial charge in [0.2, 0.25) is 5.91 Å². The van der Waals surface area contributed by atoms with E-state index in [0.29, 0.717) is 10.9 Å². The minimum absolute atomic E-state index is 0.268. The number of carbonyl (C=O) groups excluding carboxylic acids is 2. The predicted molar refractivity (Wildman–Crippen MR) is 87.3 cm³/mol. The highest BCUT2D eigenvalue weighted by atomic mass is 32.1. The molecule has 1 aromatic heterocycles. The molecule has 0 aliphatic carbocycles. The largest absolute Gasteiger partial charge is 0.550 e. The number of methoxy groups -OCH3 is 1. The number of fused-ring (bicyclic) bond motifs is 2. The zero-order chi connectivity index (χ0) is 17.3. The summed E-state index contributed by atoms with van der Waals surface area (Å²) in [6.07, 6.45) is 2.95. The van der Waals surface area contributed by atoms with Gasteiger partial charge in [-0.25, -0.2) is 4.98 Å². The number of carbonyl (C=O) groups is 2. The van der Waals surface area contributed by atoms with Gasteiger partial charge in [0.05, 0.1) is 35.9 Å². The summed E-state index contributed by atoms with van der Waals surface area (Å²) in [5.41, 5.74) is -0.152. The lowest BCUT2D eigenvalue weighted by atomic mass is 9.77. The highest BCUT2D eigenvalue weighted by Gasteiger charge is 2.65. The fourth-order valence-electron chi connectivity index (χ4n) is 4.07. The van der Waals surface area contributed by atoms with Gasteiger partial charge in [-0.1, -0.05) is 23.5 Å². The summed E-state index contributed by atoms with van der Waals surface area (Å²) in [5.74, 6) is -2.53. The fourth-order valence-corrected chi connectivity index (χ4v) is 5.02. The molecule has 3 aliphatic rings. The van der Waals surface area contributed by atoms with Crippen molar-refractivity contribution in [2.75, 3.05) is 18.6 Å². The lowest BCUT2D eigenvalue weighted by Gasteiger charge is -2.24. The van der Waals surface area contributed by atoms with E-state index in [1.165, 1.54) is 16.2 Å². The lowest BCUT2D eigenvalue weighted by Crippen LogP contribution is -2.45. The quantitative estimate of drug-likeness (QED) is 0.736. The summed E-state index contributed by atoms with van der Waals surface area (Å²) in [4.78, 5) is 30.5. The molecular weight excluding hydrogens is 344 g/mol. The first-order valence-electron chi connectivity index (χ1n) is 7.86. The van der Waals surface area contributed by atoms with Crippen molar-refractivity contribution in [3.05, 3.63) is 30.4 Å². The van der Waals surface area contributed by atoms with E-state index in [-0.39, 0.29) is 12.5 Å². The molecule has 2 aromatic rings. The molecule has 0 radical (unpaired) electrons. The minimum atomic E-state index is -1.24. The van der Waals surface area contributed by atoms with Crippen LogP contribution < -0.4 is 14.7 Å². The number of anilines is 1. The van der Waals surface area contributed by atoms with E-state index in [0.717, 1.165) is 10.2 Å². The number of benzene rings is 1. The topological polar surface area (TPSA) is 91.8 Å². The van der Waals surface area contributed by atoms with Crippen LogP contribution in [-0.2, 0) is 14.3 Å². The Labute approximate surface area is 146 Å². The second-order valence-electron chi connectivity index (χ2n) is 6.47. The van der Waals surface area contributed by atoms with Crippen molar-refractivity contribution in [2.24, 2.45) is 11.8 Å². The Balaban J connectivity index is 1.55. The molecule has 4 heterocycles. The summed E-state index contributed by atoms with van der Waals surface area (Å²) in [7, 11) is 1.58. The van der Waals surface area contributed by atoms with E-state index in [2.05, 4.69) is 4.98 Å². The lowest BCUT2D eigenvalue weighted by molar-refractivity contribution is -0.313. The van der Waals surface area contributed by atoms with Crippen LogP contribution in [0, 0.1) is 11.8 Å². The van der Waals surface area contributed by atoms with Crippen LogP contribution in [0.15, 0.2) is 30.4 Å². The van der Waals surface area contributed by atoms with Gasteiger partial charge in [0.25, 0.3) is 0 Å². The molecule has 4 atom stereocenters. The molecule has 3 aliphatic heterocycles. The van der Waals surface area contributed by atoms with Crippen LogP contribution in [0.2, 0.25) is 0 Å². The third-order valence-corrected chi connectivity index (χ3v) is 6.25. The number of aromatic nitrogens is 1. The molecule has 1 aromatic carbocycles. The predicted octanol–water partition coefficient (Wildman–Crippen LogP) is 0.341. The zero-order valence-corrected chi connectivity index (χ0v) is 14.0. The Morgan fingerprint density at radius 2 is 2.36 bits per heavy atom. The molecular formula is C17H13N2O5S-. The van der Waals surface area contributed by atoms with Crippen molar-refractivity contribution in [1.82, 2.24) is 4.98 Å². The number of rotatable bonds is 3.